The summed E-state index contributed by atoms with van der Waals surface area (Å²) >= 11 is 0. The fourth-order valence-corrected chi connectivity index (χ4v) is 6.31. The molecule has 50 heavy (non-hydrogen) atoms. The van der Waals surface area contributed by atoms with Gasteiger partial charge in [-0.25, -0.2) is 9.59 Å². The van der Waals surface area contributed by atoms with Crippen LogP contribution < -0.4 is 21.3 Å². The molecule has 270 valence electrons. The quantitative estimate of drug-likeness (QED) is 0.274. The topological polar surface area (TPSA) is 175 Å². The first-order chi connectivity index (χ1) is 23.8. The van der Waals surface area contributed by atoms with Crippen LogP contribution in [0.5, 0.6) is 0 Å². The second kappa shape index (κ2) is 17.0. The van der Waals surface area contributed by atoms with Gasteiger partial charge in [-0.1, -0.05) is 52.0 Å². The predicted octanol–water partition coefficient (Wildman–Crippen LogP) is 3.97. The summed E-state index contributed by atoms with van der Waals surface area (Å²) in [5.41, 5.74) is 2.93. The molecule has 0 radical (unpaired) electrons. The highest BCUT2D eigenvalue weighted by molar-refractivity contribution is 6.00. The Morgan fingerprint density at radius 1 is 0.600 bits per heavy atom. The van der Waals surface area contributed by atoms with Crippen LogP contribution in [0.4, 0.5) is 21.0 Å². The second-order valence-corrected chi connectivity index (χ2v) is 13.2. The van der Waals surface area contributed by atoms with Crippen LogP contribution >= 0.6 is 0 Å². The molecule has 2 aromatic rings. The third kappa shape index (κ3) is 9.10. The van der Waals surface area contributed by atoms with E-state index in [1.165, 1.54) is 24.0 Å². The van der Waals surface area contributed by atoms with Crippen LogP contribution in [0.1, 0.15) is 53.4 Å². The molecule has 0 spiro atoms. The summed E-state index contributed by atoms with van der Waals surface area (Å²) in [5.74, 6) is -1.63. The van der Waals surface area contributed by atoms with Gasteiger partial charge in [-0.2, -0.15) is 0 Å². The van der Waals surface area contributed by atoms with Crippen LogP contribution in [0, 0.1) is 11.8 Å². The molecule has 2 aliphatic rings. The van der Waals surface area contributed by atoms with Crippen molar-refractivity contribution in [3.63, 3.8) is 0 Å². The van der Waals surface area contributed by atoms with Crippen molar-refractivity contribution in [2.24, 2.45) is 11.8 Å². The number of alkyl carbamates (subject to hydrolysis) is 2. The van der Waals surface area contributed by atoms with Crippen LogP contribution in [-0.4, -0.2) is 97.1 Å². The number of amides is 6. The van der Waals surface area contributed by atoms with Crippen molar-refractivity contribution >= 4 is 47.2 Å². The van der Waals surface area contributed by atoms with E-state index in [2.05, 4.69) is 30.7 Å². The lowest BCUT2D eigenvalue weighted by Gasteiger charge is -2.30. The Bertz CT molecular complexity index is 1430. The fourth-order valence-electron chi connectivity index (χ4n) is 6.31. The molecular formula is C36H48N6O8. The normalized spacial score (nSPS) is 18.3. The summed E-state index contributed by atoms with van der Waals surface area (Å²) in [6, 6.07) is 11.7. The molecule has 4 rings (SSSR count). The second-order valence-electron chi connectivity index (χ2n) is 13.2. The van der Waals surface area contributed by atoms with Gasteiger partial charge in [0.15, 0.2) is 0 Å². The number of methoxy groups -OCH3 is 2. The van der Waals surface area contributed by atoms with Crippen molar-refractivity contribution in [2.75, 3.05) is 37.9 Å². The molecule has 2 fully saturated rings. The van der Waals surface area contributed by atoms with Crippen LogP contribution in [0.2, 0.25) is 0 Å². The number of ether oxygens (including phenoxy) is 2. The number of nitrogens with one attached hydrogen (secondary N) is 4. The zero-order chi connectivity index (χ0) is 36.5. The summed E-state index contributed by atoms with van der Waals surface area (Å²) in [7, 11) is 2.47. The monoisotopic (exact) mass is 692 g/mol. The van der Waals surface area contributed by atoms with Gasteiger partial charge >= 0.3 is 12.2 Å². The van der Waals surface area contributed by atoms with Crippen LogP contribution in [0.3, 0.4) is 0 Å². The first-order valence-electron chi connectivity index (χ1n) is 17.0. The molecule has 2 heterocycles. The number of anilines is 2. The standard InChI is InChI=1S/C36H48N6O8/c1-21(2)29(39-35(47)49-5)33(45)41-19-7-9-27(41)31(43)37-25-15-11-23(12-16-25)24-13-17-26(18-14-24)38-32(44)28-10-8-20-42(28)34(46)30(22(3)4)40-36(48)50-6/h11-18,21-22,27-30H,7-10,19-20H2,1-6H3,(H,37,43)(H,38,44)(H,39,47)(H,40,48)/t27-,28-,29-,30-/m0/s1. The number of likely N-dealkylation sites (tertiary alicyclic amines) is 2. The highest BCUT2D eigenvalue weighted by Gasteiger charge is 2.40. The summed E-state index contributed by atoms with van der Waals surface area (Å²) in [6.45, 7) is 8.12. The van der Waals surface area contributed by atoms with E-state index in [1.54, 1.807) is 24.3 Å². The lowest BCUT2D eigenvalue weighted by molar-refractivity contribution is -0.139. The lowest BCUT2D eigenvalue weighted by Crippen LogP contribution is -2.54. The minimum Gasteiger partial charge on any atom is -0.453 e. The van der Waals surface area contributed by atoms with Crippen LogP contribution in [-0.2, 0) is 28.7 Å². The number of carbonyl (C=O) groups is 6. The molecule has 0 unspecified atom stereocenters. The first kappa shape index (κ1) is 37.7. The third-order valence-corrected chi connectivity index (χ3v) is 9.10. The van der Waals surface area contributed by atoms with E-state index in [1.807, 2.05) is 52.0 Å². The number of rotatable bonds is 11. The molecule has 14 nitrogen and oxygen atoms in total. The van der Waals surface area contributed by atoms with Gasteiger partial charge in [0.25, 0.3) is 0 Å². The Hall–Kier alpha value is -5.14. The van der Waals surface area contributed by atoms with E-state index in [-0.39, 0.29) is 35.5 Å². The number of nitrogens with zero attached hydrogens (tertiary/aromatic N) is 2. The Balaban J connectivity index is 1.35. The summed E-state index contributed by atoms with van der Waals surface area (Å²) in [6.07, 6.45) is 0.976. The van der Waals surface area contributed by atoms with Gasteiger partial charge < -0.3 is 40.5 Å². The fraction of sp³-hybridized carbons (Fsp3) is 0.500. The van der Waals surface area contributed by atoms with Crippen molar-refractivity contribution in [3.05, 3.63) is 48.5 Å². The molecule has 0 saturated carbocycles. The van der Waals surface area contributed by atoms with Crippen LogP contribution in [0.15, 0.2) is 48.5 Å². The maximum absolute atomic E-state index is 13.3. The van der Waals surface area contributed by atoms with Gasteiger partial charge in [-0.15, -0.1) is 0 Å². The lowest BCUT2D eigenvalue weighted by atomic mass is 10.0. The van der Waals surface area contributed by atoms with E-state index in [9.17, 15) is 28.8 Å². The van der Waals surface area contributed by atoms with E-state index in [0.29, 0.717) is 50.1 Å². The molecule has 2 saturated heterocycles. The Labute approximate surface area is 292 Å². The average molecular weight is 693 g/mol. The summed E-state index contributed by atoms with van der Waals surface area (Å²) < 4.78 is 9.34. The van der Waals surface area contributed by atoms with Crippen LogP contribution in [0.25, 0.3) is 11.1 Å². The van der Waals surface area contributed by atoms with Gasteiger partial charge in [-0.05, 0) is 72.9 Å². The van der Waals surface area contributed by atoms with Gasteiger partial charge in [0.2, 0.25) is 23.6 Å². The predicted molar refractivity (Wildman–Crippen MR) is 187 cm³/mol. The number of hydrogen-bond acceptors (Lipinski definition) is 8. The molecule has 14 heteroatoms. The van der Waals surface area contributed by atoms with E-state index < -0.39 is 36.4 Å². The summed E-state index contributed by atoms with van der Waals surface area (Å²) in [4.78, 5) is 79.8. The number of hydrogen-bond donors (Lipinski definition) is 4. The van der Waals surface area contributed by atoms with Gasteiger partial charge in [0, 0.05) is 24.5 Å². The Morgan fingerprint density at radius 2 is 0.940 bits per heavy atom. The molecular weight excluding hydrogens is 644 g/mol. The molecule has 2 aliphatic heterocycles. The SMILES string of the molecule is COC(=O)N[C@H](C(=O)N1CCC[C@H]1C(=O)Nc1ccc(-c2ccc(NC(=O)[C@@H]3CCCN3C(=O)[C@@H](NC(=O)OC)C(C)C)cc2)cc1)C(C)C. The van der Waals surface area contributed by atoms with E-state index >= 15 is 0 Å². The zero-order valence-corrected chi connectivity index (χ0v) is 29.5. The number of carbonyl (C=O) groups excluding carboxylic acids is 6. The highest BCUT2D eigenvalue weighted by atomic mass is 16.5. The molecule has 2 aromatic carbocycles. The Kier molecular flexibility index (Phi) is 12.8. The molecule has 6 amide bonds. The molecule has 0 bridgehead atoms. The summed E-state index contributed by atoms with van der Waals surface area (Å²) in [5, 5.41) is 11.0. The zero-order valence-electron chi connectivity index (χ0n) is 29.5. The first-order valence-corrected chi connectivity index (χ1v) is 17.0. The minimum atomic E-state index is -0.809. The maximum Gasteiger partial charge on any atom is 0.407 e. The Morgan fingerprint density at radius 3 is 1.24 bits per heavy atom. The molecule has 4 N–H and O–H groups in total. The van der Waals surface area contributed by atoms with Crippen molar-refractivity contribution < 1.29 is 38.2 Å². The largest absolute Gasteiger partial charge is 0.453 e. The van der Waals surface area contributed by atoms with Gasteiger partial charge in [0.1, 0.15) is 24.2 Å². The average Bonchev–Trinajstić information content (AvgIpc) is 3.80. The highest BCUT2D eigenvalue weighted by Crippen LogP contribution is 2.27. The molecule has 0 aromatic heterocycles. The number of benzene rings is 2. The van der Waals surface area contributed by atoms with E-state index in [0.717, 1.165) is 11.1 Å². The smallest absolute Gasteiger partial charge is 0.407 e. The molecule has 4 atom stereocenters. The maximum atomic E-state index is 13.3. The van der Waals surface area contributed by atoms with Crippen molar-refractivity contribution in [3.8, 4) is 11.1 Å². The minimum absolute atomic E-state index is 0.196. The van der Waals surface area contributed by atoms with Gasteiger partial charge in [-0.3, -0.25) is 19.2 Å². The molecule has 0 aliphatic carbocycles. The van der Waals surface area contributed by atoms with Crippen molar-refractivity contribution in [1.82, 2.24) is 20.4 Å². The van der Waals surface area contributed by atoms with Crippen molar-refractivity contribution in [2.45, 2.75) is 77.5 Å². The van der Waals surface area contributed by atoms with E-state index in [4.69, 9.17) is 0 Å². The van der Waals surface area contributed by atoms with Crippen molar-refractivity contribution in [1.29, 1.82) is 0 Å². The third-order valence-electron chi connectivity index (χ3n) is 9.10. The van der Waals surface area contributed by atoms with Gasteiger partial charge in [0.05, 0.1) is 14.2 Å².